The molecule has 0 aliphatic rings. The Morgan fingerprint density at radius 3 is 2.71 bits per heavy atom. The van der Waals surface area contributed by atoms with Gasteiger partial charge in [0.1, 0.15) is 11.4 Å². The second-order valence-corrected chi connectivity index (χ2v) is 6.17. The van der Waals surface area contributed by atoms with Crippen molar-refractivity contribution in [1.29, 1.82) is 0 Å². The van der Waals surface area contributed by atoms with Crippen LogP contribution in [-0.2, 0) is 0 Å². The summed E-state index contributed by atoms with van der Waals surface area (Å²) in [5.74, 6) is 0.502. The maximum Gasteiger partial charge on any atom is 0.294 e. The number of rotatable bonds is 8. The quantitative estimate of drug-likeness (QED) is 0.340. The monoisotopic (exact) mass is 380 g/mol. The lowest BCUT2D eigenvalue weighted by Crippen LogP contribution is -2.28. The third-order valence-corrected chi connectivity index (χ3v) is 4.20. The third kappa shape index (κ3) is 4.53. The van der Waals surface area contributed by atoms with Crippen LogP contribution >= 0.6 is 0 Å². The second-order valence-electron chi connectivity index (χ2n) is 6.17. The van der Waals surface area contributed by atoms with Crippen LogP contribution in [0.4, 0.5) is 5.69 Å². The van der Waals surface area contributed by atoms with Gasteiger partial charge in [0.2, 0.25) is 0 Å². The van der Waals surface area contributed by atoms with E-state index in [2.05, 4.69) is 4.98 Å². The minimum absolute atomic E-state index is 0.148. The first-order valence-corrected chi connectivity index (χ1v) is 8.76. The van der Waals surface area contributed by atoms with Crippen LogP contribution in [0, 0.1) is 10.1 Å². The number of carbonyl (C=O) groups is 1. The van der Waals surface area contributed by atoms with Crippen LogP contribution < -0.4 is 4.74 Å². The maximum absolute atomic E-state index is 12.6. The van der Waals surface area contributed by atoms with Gasteiger partial charge in [-0.25, -0.2) is 4.98 Å². The molecule has 0 saturated heterocycles. The van der Waals surface area contributed by atoms with E-state index in [1.165, 1.54) is 28.1 Å². The number of imidazole rings is 1. The largest absolute Gasteiger partial charge is 0.494 e. The number of nitrogens with zero attached hydrogens (tertiary/aromatic N) is 4. The summed E-state index contributed by atoms with van der Waals surface area (Å²) in [6.45, 7) is 0.948. The number of nitro groups is 1. The van der Waals surface area contributed by atoms with E-state index in [1.807, 2.05) is 30.3 Å². The smallest absolute Gasteiger partial charge is 0.294 e. The molecular formula is C20H20N4O4. The van der Waals surface area contributed by atoms with Crippen molar-refractivity contribution in [2.45, 2.75) is 6.42 Å². The molecule has 1 heterocycles. The molecule has 0 atom stereocenters. The van der Waals surface area contributed by atoms with Gasteiger partial charge in [-0.2, -0.15) is 0 Å². The zero-order chi connectivity index (χ0) is 19.9. The van der Waals surface area contributed by atoms with Gasteiger partial charge < -0.3 is 14.2 Å². The third-order valence-electron chi connectivity index (χ3n) is 4.20. The Labute approximate surface area is 162 Å². The van der Waals surface area contributed by atoms with Gasteiger partial charge in [0.05, 0.1) is 17.9 Å². The number of carbonyl (C=O) groups excluding carboxylic acids is 1. The number of nitro benzene ring substituents is 1. The first kappa shape index (κ1) is 19.1. The van der Waals surface area contributed by atoms with Gasteiger partial charge in [0, 0.05) is 37.6 Å². The lowest BCUT2D eigenvalue weighted by Gasteiger charge is -2.17. The lowest BCUT2D eigenvalue weighted by atomic mass is 10.1. The first-order chi connectivity index (χ1) is 13.6. The molecule has 0 spiro atoms. The van der Waals surface area contributed by atoms with Crippen LogP contribution in [0.2, 0.25) is 0 Å². The number of ether oxygens (including phenoxy) is 1. The number of benzene rings is 2. The molecule has 28 heavy (non-hydrogen) atoms. The number of hydrogen-bond donors (Lipinski definition) is 0. The molecule has 144 valence electrons. The van der Waals surface area contributed by atoms with E-state index in [1.54, 1.807) is 25.4 Å². The second kappa shape index (κ2) is 8.81. The maximum atomic E-state index is 12.6. The van der Waals surface area contributed by atoms with Crippen molar-refractivity contribution < 1.29 is 14.5 Å². The topological polar surface area (TPSA) is 90.5 Å². The van der Waals surface area contributed by atoms with Gasteiger partial charge in [0.15, 0.2) is 0 Å². The highest BCUT2D eigenvalue weighted by Crippen LogP contribution is 2.24. The predicted octanol–water partition coefficient (Wildman–Crippen LogP) is 3.32. The summed E-state index contributed by atoms with van der Waals surface area (Å²) in [4.78, 5) is 29.0. The Bertz CT molecular complexity index is 942. The SMILES string of the molecule is CN(CCCOc1ccccc1)C(=O)c1ccc(-n2ccnc2)c([N+](=O)[O-])c1. The molecule has 0 fully saturated rings. The fourth-order valence-electron chi connectivity index (χ4n) is 2.75. The summed E-state index contributed by atoms with van der Waals surface area (Å²) < 4.78 is 7.15. The molecule has 8 nitrogen and oxygen atoms in total. The minimum atomic E-state index is -0.500. The van der Waals surface area contributed by atoms with Crippen LogP contribution in [0.3, 0.4) is 0 Å². The number of amides is 1. The standard InChI is InChI=1S/C20H20N4O4/c1-22(11-5-13-28-17-6-3-2-4-7-17)20(25)16-8-9-18(19(14-16)24(26)27)23-12-10-21-15-23/h2-4,6-10,12,14-15H,5,11,13H2,1H3. The first-order valence-electron chi connectivity index (χ1n) is 8.76. The van der Waals surface area contributed by atoms with E-state index >= 15 is 0 Å². The Morgan fingerprint density at radius 2 is 2.04 bits per heavy atom. The van der Waals surface area contributed by atoms with E-state index in [4.69, 9.17) is 4.74 Å². The van der Waals surface area contributed by atoms with Crippen molar-refractivity contribution in [3.8, 4) is 11.4 Å². The van der Waals surface area contributed by atoms with Crippen LogP contribution in [0.25, 0.3) is 5.69 Å². The molecule has 0 unspecified atom stereocenters. The van der Waals surface area contributed by atoms with E-state index in [0.717, 1.165) is 5.75 Å². The normalized spacial score (nSPS) is 10.5. The minimum Gasteiger partial charge on any atom is -0.494 e. The number of hydrogen-bond acceptors (Lipinski definition) is 5. The van der Waals surface area contributed by atoms with Crippen LogP contribution in [0.15, 0.2) is 67.3 Å². The summed E-state index contributed by atoms with van der Waals surface area (Å²) in [5.41, 5.74) is 0.477. The molecule has 0 saturated carbocycles. The summed E-state index contributed by atoms with van der Waals surface area (Å²) >= 11 is 0. The van der Waals surface area contributed by atoms with Crippen LogP contribution in [0.1, 0.15) is 16.8 Å². The molecule has 2 aromatic carbocycles. The lowest BCUT2D eigenvalue weighted by molar-refractivity contribution is -0.384. The highest BCUT2D eigenvalue weighted by molar-refractivity contribution is 5.95. The van der Waals surface area contributed by atoms with Gasteiger partial charge in [-0.1, -0.05) is 18.2 Å². The average Bonchev–Trinajstić information content (AvgIpc) is 3.25. The Morgan fingerprint density at radius 1 is 1.25 bits per heavy atom. The summed E-state index contributed by atoms with van der Waals surface area (Å²) in [5, 5.41) is 11.4. The zero-order valence-corrected chi connectivity index (χ0v) is 15.4. The van der Waals surface area contributed by atoms with Crippen molar-refractivity contribution in [2.75, 3.05) is 20.2 Å². The molecule has 3 rings (SSSR count). The van der Waals surface area contributed by atoms with Crippen molar-refractivity contribution in [1.82, 2.24) is 14.5 Å². The highest BCUT2D eigenvalue weighted by Gasteiger charge is 2.20. The molecule has 1 amide bonds. The van der Waals surface area contributed by atoms with E-state index in [9.17, 15) is 14.9 Å². The summed E-state index contributed by atoms with van der Waals surface area (Å²) in [6.07, 6.45) is 5.27. The van der Waals surface area contributed by atoms with Crippen molar-refractivity contribution in [3.05, 3.63) is 82.9 Å². The average molecular weight is 380 g/mol. The zero-order valence-electron chi connectivity index (χ0n) is 15.4. The molecule has 0 radical (unpaired) electrons. The molecule has 3 aromatic rings. The molecule has 0 aliphatic heterocycles. The molecular weight excluding hydrogens is 360 g/mol. The Hall–Kier alpha value is -3.68. The van der Waals surface area contributed by atoms with Crippen molar-refractivity contribution in [2.24, 2.45) is 0 Å². The van der Waals surface area contributed by atoms with Gasteiger partial charge >= 0.3 is 0 Å². The van der Waals surface area contributed by atoms with Gasteiger partial charge in [-0.05, 0) is 30.7 Å². The molecule has 1 aromatic heterocycles. The van der Waals surface area contributed by atoms with Gasteiger partial charge in [-0.3, -0.25) is 14.9 Å². The Balaban J connectivity index is 1.63. The fraction of sp³-hybridized carbons (Fsp3) is 0.200. The van der Waals surface area contributed by atoms with Crippen LogP contribution in [-0.4, -0.2) is 45.5 Å². The van der Waals surface area contributed by atoms with Crippen molar-refractivity contribution in [3.63, 3.8) is 0 Å². The number of para-hydroxylation sites is 1. The molecule has 0 N–H and O–H groups in total. The Kier molecular flexibility index (Phi) is 6.01. The summed E-state index contributed by atoms with van der Waals surface area (Å²) in [6, 6.07) is 13.9. The molecule has 0 aliphatic carbocycles. The number of aromatic nitrogens is 2. The summed E-state index contributed by atoms with van der Waals surface area (Å²) in [7, 11) is 1.67. The molecule has 8 heteroatoms. The fourth-order valence-corrected chi connectivity index (χ4v) is 2.75. The van der Waals surface area contributed by atoms with E-state index < -0.39 is 4.92 Å². The van der Waals surface area contributed by atoms with Crippen molar-refractivity contribution >= 4 is 11.6 Å². The van der Waals surface area contributed by atoms with E-state index in [0.29, 0.717) is 25.3 Å². The van der Waals surface area contributed by atoms with E-state index in [-0.39, 0.29) is 17.2 Å². The van der Waals surface area contributed by atoms with Gasteiger partial charge in [-0.15, -0.1) is 0 Å². The van der Waals surface area contributed by atoms with Gasteiger partial charge in [0.25, 0.3) is 11.6 Å². The predicted molar refractivity (Wildman–Crippen MR) is 104 cm³/mol. The molecule has 0 bridgehead atoms. The van der Waals surface area contributed by atoms with Crippen LogP contribution in [0.5, 0.6) is 5.75 Å². The highest BCUT2D eigenvalue weighted by atomic mass is 16.6.